The molecule has 0 radical (unpaired) electrons. The molecule has 0 atom stereocenters. The summed E-state index contributed by atoms with van der Waals surface area (Å²) in [5.74, 6) is 0. The third-order valence-corrected chi connectivity index (χ3v) is 6.54. The Morgan fingerprint density at radius 3 is 1.86 bits per heavy atom. The zero-order valence-electron chi connectivity index (χ0n) is 18.9. The number of rotatable bonds is 13. The molecule has 164 valence electrons. The number of hydrogen-bond donors (Lipinski definition) is 1. The molecule has 0 bridgehead atoms. The summed E-state index contributed by atoms with van der Waals surface area (Å²) in [5, 5.41) is 3.67. The third kappa shape index (κ3) is 11.3. The summed E-state index contributed by atoms with van der Waals surface area (Å²) in [5.41, 5.74) is 0. The van der Waals surface area contributed by atoms with Crippen molar-refractivity contribution in [2.45, 2.75) is 147 Å². The summed E-state index contributed by atoms with van der Waals surface area (Å²) in [6.45, 7) is 3.12. The van der Waals surface area contributed by atoms with Crippen molar-refractivity contribution in [3.8, 4) is 0 Å². The van der Waals surface area contributed by atoms with E-state index in [1.165, 1.54) is 128 Å². The molecule has 0 spiro atoms. The fourth-order valence-corrected chi connectivity index (χ4v) is 4.67. The summed E-state index contributed by atoms with van der Waals surface area (Å²) in [7, 11) is 0. The highest BCUT2D eigenvalue weighted by Crippen LogP contribution is 2.21. The predicted molar refractivity (Wildman–Crippen MR) is 122 cm³/mol. The quantitative estimate of drug-likeness (QED) is 0.199. The van der Waals surface area contributed by atoms with Gasteiger partial charge in [-0.25, -0.2) is 4.99 Å². The minimum absolute atomic E-state index is 0.493. The van der Waals surface area contributed by atoms with Crippen molar-refractivity contribution in [1.82, 2.24) is 5.32 Å². The summed E-state index contributed by atoms with van der Waals surface area (Å²) < 4.78 is 6.16. The van der Waals surface area contributed by atoms with E-state index in [0.29, 0.717) is 12.1 Å². The molecule has 28 heavy (non-hydrogen) atoms. The van der Waals surface area contributed by atoms with Crippen LogP contribution >= 0.6 is 0 Å². The maximum Gasteiger partial charge on any atom is 0.285 e. The van der Waals surface area contributed by atoms with Crippen molar-refractivity contribution < 1.29 is 4.74 Å². The first-order valence-electron chi connectivity index (χ1n) is 12.9. The van der Waals surface area contributed by atoms with E-state index in [0.717, 1.165) is 12.6 Å². The minimum atomic E-state index is 0.493. The predicted octanol–water partition coefficient (Wildman–Crippen LogP) is 7.53. The molecule has 2 saturated carbocycles. The molecule has 0 amide bonds. The van der Waals surface area contributed by atoms with Crippen LogP contribution in [0.25, 0.3) is 0 Å². The van der Waals surface area contributed by atoms with Gasteiger partial charge < -0.3 is 10.1 Å². The van der Waals surface area contributed by atoms with Crippen LogP contribution in [0.1, 0.15) is 135 Å². The largest absolute Gasteiger partial charge is 0.465 e. The zero-order valence-corrected chi connectivity index (χ0v) is 18.9. The fourth-order valence-electron chi connectivity index (χ4n) is 4.67. The van der Waals surface area contributed by atoms with E-state index in [2.05, 4.69) is 12.2 Å². The molecular formula is C25H48N2O. The van der Waals surface area contributed by atoms with E-state index in [1.807, 2.05) is 0 Å². The number of nitrogens with zero attached hydrogens (tertiary/aromatic N) is 1. The monoisotopic (exact) mass is 392 g/mol. The Morgan fingerprint density at radius 2 is 1.25 bits per heavy atom. The number of hydrogen-bond acceptors (Lipinski definition) is 2. The molecule has 0 aromatic carbocycles. The highest BCUT2D eigenvalue weighted by molar-refractivity contribution is 5.74. The van der Waals surface area contributed by atoms with Crippen LogP contribution in [0.2, 0.25) is 0 Å². The normalized spacial score (nSPS) is 19.7. The Bertz CT molecular complexity index is 384. The second-order valence-electron chi connectivity index (χ2n) is 9.24. The Labute approximate surface area is 175 Å². The fraction of sp³-hybridized carbons (Fsp3) is 0.960. The van der Waals surface area contributed by atoms with Crippen LogP contribution in [0.15, 0.2) is 4.99 Å². The maximum atomic E-state index is 6.16. The van der Waals surface area contributed by atoms with Gasteiger partial charge in [0.25, 0.3) is 6.02 Å². The molecule has 2 rings (SSSR count). The Kier molecular flexibility index (Phi) is 13.5. The van der Waals surface area contributed by atoms with E-state index in [-0.39, 0.29) is 0 Å². The smallest absolute Gasteiger partial charge is 0.285 e. The van der Waals surface area contributed by atoms with Gasteiger partial charge in [0.15, 0.2) is 0 Å². The molecule has 2 aliphatic carbocycles. The average Bonchev–Trinajstić information content (AvgIpc) is 2.73. The van der Waals surface area contributed by atoms with Gasteiger partial charge in [0.05, 0.1) is 12.6 Å². The number of unbranched alkanes of at least 4 members (excludes halogenated alkanes) is 9. The van der Waals surface area contributed by atoms with Crippen LogP contribution in [-0.4, -0.2) is 24.7 Å². The zero-order chi connectivity index (χ0) is 19.7. The van der Waals surface area contributed by atoms with Crippen LogP contribution in [0.3, 0.4) is 0 Å². The van der Waals surface area contributed by atoms with Gasteiger partial charge in [-0.2, -0.15) is 0 Å². The number of ether oxygens (including phenoxy) is 1. The third-order valence-electron chi connectivity index (χ3n) is 6.54. The Balaban J connectivity index is 1.58. The van der Waals surface area contributed by atoms with Crippen molar-refractivity contribution in [1.29, 1.82) is 0 Å². The van der Waals surface area contributed by atoms with Gasteiger partial charge in [-0.05, 0) is 32.1 Å². The van der Waals surface area contributed by atoms with Gasteiger partial charge in [-0.1, -0.05) is 103 Å². The van der Waals surface area contributed by atoms with Crippen LogP contribution in [0.4, 0.5) is 0 Å². The van der Waals surface area contributed by atoms with E-state index >= 15 is 0 Å². The van der Waals surface area contributed by atoms with E-state index in [9.17, 15) is 0 Å². The molecular weight excluding hydrogens is 344 g/mol. The Hall–Kier alpha value is -0.730. The molecule has 0 saturated heterocycles. The van der Waals surface area contributed by atoms with Crippen LogP contribution in [-0.2, 0) is 4.74 Å². The molecule has 0 aromatic rings. The number of aliphatic imine (C=N–C) groups is 1. The molecule has 3 heteroatoms. The standard InChI is InChI=1S/C25H48N2O/c1-2-3-4-5-6-7-8-9-10-17-22-28-25(26-23-18-13-11-14-19-23)27-24-20-15-12-16-21-24/h23-24H,2-22H2,1H3,(H,26,27). The average molecular weight is 393 g/mol. The number of nitrogens with one attached hydrogen (secondary N) is 1. The lowest BCUT2D eigenvalue weighted by molar-refractivity contribution is 0.260. The Morgan fingerprint density at radius 1 is 0.714 bits per heavy atom. The molecule has 2 aliphatic rings. The van der Waals surface area contributed by atoms with E-state index in [1.54, 1.807) is 0 Å². The van der Waals surface area contributed by atoms with Crippen molar-refractivity contribution in [2.24, 2.45) is 4.99 Å². The second kappa shape index (κ2) is 16.1. The molecule has 1 N–H and O–H groups in total. The molecule has 0 unspecified atom stereocenters. The van der Waals surface area contributed by atoms with Gasteiger partial charge >= 0.3 is 0 Å². The summed E-state index contributed by atoms with van der Waals surface area (Å²) in [4.78, 5) is 5.00. The second-order valence-corrected chi connectivity index (χ2v) is 9.24. The first-order chi connectivity index (χ1) is 13.9. The molecule has 2 fully saturated rings. The topological polar surface area (TPSA) is 33.6 Å². The van der Waals surface area contributed by atoms with Gasteiger partial charge in [0.2, 0.25) is 0 Å². The summed E-state index contributed by atoms with van der Waals surface area (Å²) in [6.07, 6.45) is 26.9. The van der Waals surface area contributed by atoms with Crippen LogP contribution < -0.4 is 5.32 Å². The highest BCUT2D eigenvalue weighted by Gasteiger charge is 2.18. The van der Waals surface area contributed by atoms with E-state index in [4.69, 9.17) is 9.73 Å². The molecule has 0 heterocycles. The van der Waals surface area contributed by atoms with Gasteiger partial charge in [-0.3, -0.25) is 0 Å². The highest BCUT2D eigenvalue weighted by atomic mass is 16.5. The first-order valence-corrected chi connectivity index (χ1v) is 12.9. The van der Waals surface area contributed by atoms with Crippen molar-refractivity contribution >= 4 is 6.02 Å². The SMILES string of the molecule is CCCCCCCCCCCCOC(=NC1CCCCC1)NC1CCCCC1. The van der Waals surface area contributed by atoms with Crippen molar-refractivity contribution in [3.05, 3.63) is 0 Å². The van der Waals surface area contributed by atoms with Crippen molar-refractivity contribution in [2.75, 3.05) is 6.61 Å². The summed E-state index contributed by atoms with van der Waals surface area (Å²) in [6, 6.07) is 1.95. The van der Waals surface area contributed by atoms with Gasteiger partial charge in [0.1, 0.15) is 0 Å². The van der Waals surface area contributed by atoms with Crippen LogP contribution in [0, 0.1) is 0 Å². The van der Waals surface area contributed by atoms with Gasteiger partial charge in [-0.15, -0.1) is 0 Å². The molecule has 0 aromatic heterocycles. The van der Waals surface area contributed by atoms with E-state index < -0.39 is 0 Å². The lowest BCUT2D eigenvalue weighted by Crippen LogP contribution is -2.38. The lowest BCUT2D eigenvalue weighted by Gasteiger charge is -2.26. The summed E-state index contributed by atoms with van der Waals surface area (Å²) >= 11 is 0. The van der Waals surface area contributed by atoms with Crippen molar-refractivity contribution in [3.63, 3.8) is 0 Å². The first kappa shape index (κ1) is 23.5. The molecule has 0 aliphatic heterocycles. The molecule has 3 nitrogen and oxygen atoms in total. The lowest BCUT2D eigenvalue weighted by atomic mass is 9.95. The maximum absolute atomic E-state index is 6.16. The number of amidine groups is 1. The minimum Gasteiger partial charge on any atom is -0.465 e. The van der Waals surface area contributed by atoms with Gasteiger partial charge in [0, 0.05) is 6.04 Å². The van der Waals surface area contributed by atoms with Crippen LogP contribution in [0.5, 0.6) is 0 Å².